The summed E-state index contributed by atoms with van der Waals surface area (Å²) in [5.41, 5.74) is 0.899. The lowest BCUT2D eigenvalue weighted by atomic mass is 9.95. The molecule has 0 aromatic heterocycles. The Morgan fingerprint density at radius 1 is 0.914 bits per heavy atom. The fourth-order valence-corrected chi connectivity index (χ4v) is 6.45. The number of carbonyl (C=O) groups is 2. The number of rotatable bonds is 7. The molecule has 1 heterocycles. The highest BCUT2D eigenvalue weighted by Gasteiger charge is 2.25. The molecule has 1 aliphatic heterocycles. The molecule has 35 heavy (non-hydrogen) atoms. The van der Waals surface area contributed by atoms with E-state index in [-0.39, 0.29) is 34.0 Å². The van der Waals surface area contributed by atoms with Gasteiger partial charge in [0.2, 0.25) is 0 Å². The lowest BCUT2D eigenvalue weighted by Crippen LogP contribution is -2.36. The van der Waals surface area contributed by atoms with Crippen molar-refractivity contribution in [2.45, 2.75) is 67.2 Å². The zero-order valence-electron chi connectivity index (χ0n) is 20.1. The maximum Gasteiger partial charge on any atom is 0.261 e. The van der Waals surface area contributed by atoms with Crippen LogP contribution in [0.5, 0.6) is 0 Å². The molecule has 1 saturated carbocycles. The van der Waals surface area contributed by atoms with E-state index in [2.05, 4.69) is 10.0 Å². The second kappa shape index (κ2) is 11.5. The number of nitrogens with zero attached hydrogens (tertiary/aromatic N) is 1. The molecule has 2 aromatic carbocycles. The third-order valence-corrected chi connectivity index (χ3v) is 8.87. The number of sulfonamides is 1. The molecule has 2 amide bonds. The van der Waals surface area contributed by atoms with Crippen LogP contribution in [0, 0.1) is 0 Å². The van der Waals surface area contributed by atoms with Gasteiger partial charge in [-0.25, -0.2) is 8.42 Å². The van der Waals surface area contributed by atoms with E-state index in [1.54, 1.807) is 35.2 Å². The fraction of sp³-hybridized carbons (Fsp3) is 0.462. The lowest BCUT2D eigenvalue weighted by Gasteiger charge is -2.27. The van der Waals surface area contributed by atoms with Crippen molar-refractivity contribution in [3.05, 3.63) is 53.6 Å². The number of thioether (sulfide) groups is 1. The van der Waals surface area contributed by atoms with E-state index < -0.39 is 10.0 Å². The molecular formula is C26H33N3O4S2. The highest BCUT2D eigenvalue weighted by Crippen LogP contribution is 2.28. The SMILES string of the molecule is CSc1ccc(S(=O)(=O)Nc2ccccc2C(=O)NC2CCCCC2)cc1C(=O)N1CCCCC1. The summed E-state index contributed by atoms with van der Waals surface area (Å²) in [4.78, 5) is 28.7. The number of hydrogen-bond acceptors (Lipinski definition) is 5. The molecule has 188 valence electrons. The van der Waals surface area contributed by atoms with Gasteiger partial charge < -0.3 is 10.2 Å². The van der Waals surface area contributed by atoms with Crippen LogP contribution >= 0.6 is 11.8 Å². The number of anilines is 1. The Kier molecular flexibility index (Phi) is 8.38. The topological polar surface area (TPSA) is 95.6 Å². The zero-order chi connectivity index (χ0) is 24.8. The van der Waals surface area contributed by atoms with E-state index in [4.69, 9.17) is 0 Å². The molecule has 0 atom stereocenters. The van der Waals surface area contributed by atoms with Crippen LogP contribution in [0.1, 0.15) is 72.1 Å². The minimum absolute atomic E-state index is 0.00171. The number of hydrogen-bond donors (Lipinski definition) is 2. The lowest BCUT2D eigenvalue weighted by molar-refractivity contribution is 0.0720. The van der Waals surface area contributed by atoms with Crippen molar-refractivity contribution in [2.24, 2.45) is 0 Å². The third kappa shape index (κ3) is 6.19. The Morgan fingerprint density at radius 2 is 1.60 bits per heavy atom. The molecule has 2 aromatic rings. The van der Waals surface area contributed by atoms with Crippen LogP contribution in [0.3, 0.4) is 0 Å². The third-order valence-electron chi connectivity index (χ3n) is 6.71. The normalized spacial score (nSPS) is 17.1. The molecule has 2 fully saturated rings. The summed E-state index contributed by atoms with van der Waals surface area (Å²) in [5, 5.41) is 3.05. The number of nitrogens with one attached hydrogen (secondary N) is 2. The van der Waals surface area contributed by atoms with Crippen molar-refractivity contribution in [3.63, 3.8) is 0 Å². The number of para-hydroxylation sites is 1. The molecular weight excluding hydrogens is 482 g/mol. The van der Waals surface area contributed by atoms with Crippen molar-refractivity contribution in [1.29, 1.82) is 0 Å². The smallest absolute Gasteiger partial charge is 0.261 e. The second-order valence-electron chi connectivity index (χ2n) is 9.17. The van der Waals surface area contributed by atoms with E-state index in [0.717, 1.165) is 49.8 Å². The number of benzene rings is 2. The summed E-state index contributed by atoms with van der Waals surface area (Å²) in [5.74, 6) is -0.424. The van der Waals surface area contributed by atoms with Crippen LogP contribution in [0.15, 0.2) is 52.3 Å². The minimum Gasteiger partial charge on any atom is -0.349 e. The molecule has 0 bridgehead atoms. The van der Waals surface area contributed by atoms with Gasteiger partial charge in [0.15, 0.2) is 0 Å². The minimum atomic E-state index is -4.02. The van der Waals surface area contributed by atoms with Crippen molar-refractivity contribution < 1.29 is 18.0 Å². The van der Waals surface area contributed by atoms with Crippen molar-refractivity contribution in [3.8, 4) is 0 Å². The molecule has 2 N–H and O–H groups in total. The first-order chi connectivity index (χ1) is 16.9. The van der Waals surface area contributed by atoms with E-state index >= 15 is 0 Å². The Balaban J connectivity index is 1.57. The Hall–Kier alpha value is -2.52. The van der Waals surface area contributed by atoms with Gasteiger partial charge in [-0.2, -0.15) is 0 Å². The maximum atomic E-state index is 13.3. The van der Waals surface area contributed by atoms with Crippen LogP contribution in [-0.2, 0) is 10.0 Å². The van der Waals surface area contributed by atoms with Crippen molar-refractivity contribution in [2.75, 3.05) is 24.1 Å². The Labute approximate surface area is 212 Å². The standard InChI is InChI=1S/C26H33N3O4S2/c1-34-24-15-14-20(18-22(24)26(31)29-16-8-3-9-17-29)35(32,33)28-23-13-7-6-12-21(23)25(30)27-19-10-4-2-5-11-19/h6-7,12-15,18-19,28H,2-5,8-11,16-17H2,1H3,(H,27,30). The first-order valence-electron chi connectivity index (χ1n) is 12.3. The monoisotopic (exact) mass is 515 g/mol. The van der Waals surface area contributed by atoms with Gasteiger partial charge in [-0.15, -0.1) is 11.8 Å². The van der Waals surface area contributed by atoms with Gasteiger partial charge in [-0.3, -0.25) is 14.3 Å². The van der Waals surface area contributed by atoms with Gasteiger partial charge in [-0.1, -0.05) is 31.4 Å². The van der Waals surface area contributed by atoms with Gasteiger partial charge in [0.05, 0.1) is 21.7 Å². The summed E-state index contributed by atoms with van der Waals surface area (Å²) in [6.45, 7) is 1.37. The van der Waals surface area contributed by atoms with Gasteiger partial charge >= 0.3 is 0 Å². The molecule has 2 aliphatic rings. The van der Waals surface area contributed by atoms with Gasteiger partial charge in [0.25, 0.3) is 21.8 Å². The van der Waals surface area contributed by atoms with E-state index in [0.29, 0.717) is 18.7 Å². The Morgan fingerprint density at radius 3 is 2.31 bits per heavy atom. The van der Waals surface area contributed by atoms with E-state index in [9.17, 15) is 18.0 Å². The molecule has 9 heteroatoms. The van der Waals surface area contributed by atoms with Gasteiger partial charge in [0.1, 0.15) is 0 Å². The number of amides is 2. The highest BCUT2D eigenvalue weighted by molar-refractivity contribution is 7.98. The molecule has 0 unspecified atom stereocenters. The average Bonchev–Trinajstić information content (AvgIpc) is 2.89. The van der Waals surface area contributed by atoms with Crippen LogP contribution in [0.2, 0.25) is 0 Å². The molecule has 0 spiro atoms. The first-order valence-corrected chi connectivity index (χ1v) is 15.0. The number of piperidine rings is 1. The average molecular weight is 516 g/mol. The van der Waals surface area contributed by atoms with E-state index in [1.165, 1.54) is 30.3 Å². The van der Waals surface area contributed by atoms with E-state index in [1.807, 2.05) is 6.26 Å². The predicted octanol–water partition coefficient (Wildman–Crippen LogP) is 4.90. The summed E-state index contributed by atoms with van der Waals surface area (Å²) in [6.07, 6.45) is 10.1. The second-order valence-corrected chi connectivity index (χ2v) is 11.7. The molecule has 1 aliphatic carbocycles. The molecule has 4 rings (SSSR count). The summed E-state index contributed by atoms with van der Waals surface area (Å²) in [6, 6.07) is 11.4. The zero-order valence-corrected chi connectivity index (χ0v) is 21.7. The van der Waals surface area contributed by atoms with Gasteiger partial charge in [0, 0.05) is 24.0 Å². The predicted molar refractivity (Wildman–Crippen MR) is 140 cm³/mol. The number of likely N-dealkylation sites (tertiary alicyclic amines) is 1. The first kappa shape index (κ1) is 25.6. The maximum absolute atomic E-state index is 13.3. The highest BCUT2D eigenvalue weighted by atomic mass is 32.2. The van der Waals surface area contributed by atoms with Crippen LogP contribution in [-0.4, -0.2) is 50.5 Å². The summed E-state index contributed by atoms with van der Waals surface area (Å²) < 4.78 is 29.3. The molecule has 1 saturated heterocycles. The van der Waals surface area contributed by atoms with Crippen molar-refractivity contribution in [1.82, 2.24) is 10.2 Å². The summed E-state index contributed by atoms with van der Waals surface area (Å²) >= 11 is 1.42. The molecule has 0 radical (unpaired) electrons. The summed E-state index contributed by atoms with van der Waals surface area (Å²) in [7, 11) is -4.02. The van der Waals surface area contributed by atoms with Crippen LogP contribution < -0.4 is 10.0 Å². The van der Waals surface area contributed by atoms with Crippen LogP contribution in [0.4, 0.5) is 5.69 Å². The number of carbonyl (C=O) groups excluding carboxylic acids is 2. The van der Waals surface area contributed by atoms with Crippen LogP contribution in [0.25, 0.3) is 0 Å². The Bertz CT molecular complexity index is 1170. The van der Waals surface area contributed by atoms with Gasteiger partial charge in [-0.05, 0) is 68.7 Å². The largest absolute Gasteiger partial charge is 0.349 e. The fourth-order valence-electron chi connectivity index (χ4n) is 4.77. The van der Waals surface area contributed by atoms with Crippen molar-refractivity contribution >= 4 is 39.3 Å². The quantitative estimate of drug-likeness (QED) is 0.512. The molecule has 7 nitrogen and oxygen atoms in total.